The fraction of sp³-hybridized carbons (Fsp3) is 0.450. The highest BCUT2D eigenvalue weighted by Gasteiger charge is 2.24. The average Bonchev–Trinajstić information content (AvgIpc) is 2.55. The summed E-state index contributed by atoms with van der Waals surface area (Å²) in [5, 5.41) is 2.44. The number of nitrogens with zero attached hydrogens (tertiary/aromatic N) is 1. The number of rotatable bonds is 3. The van der Waals surface area contributed by atoms with Gasteiger partial charge in [0, 0.05) is 13.1 Å². The molecule has 2 aromatic rings. The van der Waals surface area contributed by atoms with Crippen molar-refractivity contribution in [2.24, 2.45) is 5.92 Å². The van der Waals surface area contributed by atoms with Crippen molar-refractivity contribution in [2.45, 2.75) is 45.1 Å². The number of fused-ring (bicyclic) bond motifs is 1. The first-order valence-corrected chi connectivity index (χ1v) is 8.37. The van der Waals surface area contributed by atoms with Crippen LogP contribution in [0.2, 0.25) is 0 Å². The van der Waals surface area contributed by atoms with Crippen LogP contribution in [0.3, 0.4) is 0 Å². The predicted octanol–water partition coefficient (Wildman–Crippen LogP) is 4.42. The normalized spacial score (nSPS) is 21.7. The van der Waals surface area contributed by atoms with Crippen LogP contribution < -0.4 is 0 Å². The highest BCUT2D eigenvalue weighted by atomic mass is 16.2. The molecule has 0 atom stereocenters. The van der Waals surface area contributed by atoms with Gasteiger partial charge in [0.1, 0.15) is 0 Å². The largest absolute Gasteiger partial charge is 0.342 e. The quantitative estimate of drug-likeness (QED) is 0.821. The van der Waals surface area contributed by atoms with E-state index in [-0.39, 0.29) is 5.91 Å². The molecule has 0 heterocycles. The van der Waals surface area contributed by atoms with Gasteiger partial charge in [-0.25, -0.2) is 0 Å². The standard InChI is InChI=1S/C20H25NO/c1-15-7-11-19(12-8-15)21(2)20(22)14-16-9-10-17-5-3-4-6-18(17)13-16/h3-6,9-10,13,15,19H,7-8,11-12,14H2,1-2H3. The molecule has 2 aromatic carbocycles. The van der Waals surface area contributed by atoms with E-state index in [0.29, 0.717) is 12.5 Å². The van der Waals surface area contributed by atoms with Crippen molar-refractivity contribution < 1.29 is 4.79 Å². The van der Waals surface area contributed by atoms with E-state index in [4.69, 9.17) is 0 Å². The van der Waals surface area contributed by atoms with Crippen LogP contribution in [0.15, 0.2) is 42.5 Å². The summed E-state index contributed by atoms with van der Waals surface area (Å²) in [6, 6.07) is 15.1. The topological polar surface area (TPSA) is 20.3 Å². The maximum atomic E-state index is 12.6. The van der Waals surface area contributed by atoms with Crippen LogP contribution >= 0.6 is 0 Å². The van der Waals surface area contributed by atoms with Crippen LogP contribution in [0.25, 0.3) is 10.8 Å². The zero-order valence-electron chi connectivity index (χ0n) is 13.6. The highest BCUT2D eigenvalue weighted by Crippen LogP contribution is 2.27. The smallest absolute Gasteiger partial charge is 0.226 e. The summed E-state index contributed by atoms with van der Waals surface area (Å²) >= 11 is 0. The molecule has 0 unspecified atom stereocenters. The van der Waals surface area contributed by atoms with E-state index in [2.05, 4.69) is 37.3 Å². The van der Waals surface area contributed by atoms with Crippen LogP contribution in [0.4, 0.5) is 0 Å². The Kier molecular flexibility index (Phi) is 4.47. The molecule has 0 bridgehead atoms. The van der Waals surface area contributed by atoms with Crippen LogP contribution in [0.1, 0.15) is 38.2 Å². The predicted molar refractivity (Wildman–Crippen MR) is 91.8 cm³/mol. The fourth-order valence-corrected chi connectivity index (χ4v) is 3.48. The van der Waals surface area contributed by atoms with Crippen molar-refractivity contribution >= 4 is 16.7 Å². The highest BCUT2D eigenvalue weighted by molar-refractivity contribution is 5.85. The van der Waals surface area contributed by atoms with Crippen molar-refractivity contribution in [1.82, 2.24) is 4.90 Å². The van der Waals surface area contributed by atoms with Crippen LogP contribution in [-0.4, -0.2) is 23.9 Å². The van der Waals surface area contributed by atoms with Gasteiger partial charge in [-0.2, -0.15) is 0 Å². The molecule has 0 aliphatic heterocycles. The first-order valence-electron chi connectivity index (χ1n) is 8.37. The maximum Gasteiger partial charge on any atom is 0.226 e. The van der Waals surface area contributed by atoms with E-state index >= 15 is 0 Å². The Bertz CT molecular complexity index is 656. The number of hydrogen-bond donors (Lipinski definition) is 0. The monoisotopic (exact) mass is 295 g/mol. The third-order valence-corrected chi connectivity index (χ3v) is 5.10. The molecule has 1 saturated carbocycles. The van der Waals surface area contributed by atoms with Crippen LogP contribution in [-0.2, 0) is 11.2 Å². The van der Waals surface area contributed by atoms with Gasteiger partial charge in [-0.3, -0.25) is 4.79 Å². The lowest BCUT2D eigenvalue weighted by Crippen LogP contribution is -2.40. The van der Waals surface area contributed by atoms with Crippen molar-refractivity contribution in [3.8, 4) is 0 Å². The molecule has 1 aliphatic rings. The molecule has 0 saturated heterocycles. The number of amides is 1. The molecule has 0 radical (unpaired) electrons. The summed E-state index contributed by atoms with van der Waals surface area (Å²) < 4.78 is 0. The zero-order valence-corrected chi connectivity index (χ0v) is 13.6. The lowest BCUT2D eigenvalue weighted by molar-refractivity contribution is -0.132. The van der Waals surface area contributed by atoms with Crippen LogP contribution in [0, 0.1) is 5.92 Å². The fourth-order valence-electron chi connectivity index (χ4n) is 3.48. The minimum absolute atomic E-state index is 0.245. The molecule has 3 rings (SSSR count). The molecule has 1 fully saturated rings. The number of benzene rings is 2. The third-order valence-electron chi connectivity index (χ3n) is 5.10. The van der Waals surface area contributed by atoms with Gasteiger partial charge in [0.05, 0.1) is 6.42 Å². The lowest BCUT2D eigenvalue weighted by atomic mass is 9.86. The maximum absolute atomic E-state index is 12.6. The van der Waals surface area contributed by atoms with Crippen molar-refractivity contribution in [1.29, 1.82) is 0 Å². The van der Waals surface area contributed by atoms with Gasteiger partial charge in [0.2, 0.25) is 5.91 Å². The summed E-state index contributed by atoms with van der Waals surface area (Å²) in [6.45, 7) is 2.31. The van der Waals surface area contributed by atoms with Crippen LogP contribution in [0.5, 0.6) is 0 Å². The molecule has 2 nitrogen and oxygen atoms in total. The zero-order chi connectivity index (χ0) is 15.5. The SMILES string of the molecule is CC1CCC(N(C)C(=O)Cc2ccc3ccccc3c2)CC1. The Morgan fingerprint density at radius 2 is 1.73 bits per heavy atom. The average molecular weight is 295 g/mol. The van der Waals surface area contributed by atoms with Crippen molar-refractivity contribution in [3.63, 3.8) is 0 Å². The van der Waals surface area contributed by atoms with Gasteiger partial charge in [-0.1, -0.05) is 49.4 Å². The van der Waals surface area contributed by atoms with Gasteiger partial charge in [0.15, 0.2) is 0 Å². The minimum atomic E-state index is 0.245. The summed E-state index contributed by atoms with van der Waals surface area (Å²) in [5.74, 6) is 1.06. The number of carbonyl (C=O) groups is 1. The summed E-state index contributed by atoms with van der Waals surface area (Å²) in [4.78, 5) is 14.5. The first-order chi connectivity index (χ1) is 10.6. The molecule has 0 N–H and O–H groups in total. The first kappa shape index (κ1) is 15.1. The third kappa shape index (κ3) is 3.32. The van der Waals surface area contributed by atoms with Gasteiger partial charge >= 0.3 is 0 Å². The summed E-state index contributed by atoms with van der Waals surface area (Å²) in [6.07, 6.45) is 5.31. The molecule has 116 valence electrons. The molecule has 22 heavy (non-hydrogen) atoms. The molecule has 0 aromatic heterocycles. The van der Waals surface area contributed by atoms with Gasteiger partial charge in [-0.15, -0.1) is 0 Å². The number of likely N-dealkylation sites (N-methyl/N-ethyl adjacent to an activating group) is 1. The van der Waals surface area contributed by atoms with E-state index in [1.165, 1.54) is 23.6 Å². The van der Waals surface area contributed by atoms with E-state index in [1.54, 1.807) is 0 Å². The Morgan fingerprint density at radius 1 is 1.05 bits per heavy atom. The molecular formula is C20H25NO. The van der Waals surface area contributed by atoms with E-state index < -0.39 is 0 Å². The Balaban J connectivity index is 1.67. The van der Waals surface area contributed by atoms with Gasteiger partial charge in [-0.05, 0) is 47.9 Å². The molecule has 1 aliphatic carbocycles. The molecule has 2 heteroatoms. The van der Waals surface area contributed by atoms with E-state index in [0.717, 1.165) is 24.3 Å². The Hall–Kier alpha value is -1.83. The van der Waals surface area contributed by atoms with Gasteiger partial charge in [0.25, 0.3) is 0 Å². The number of hydrogen-bond acceptors (Lipinski definition) is 1. The summed E-state index contributed by atoms with van der Waals surface area (Å²) in [5.41, 5.74) is 1.11. The number of carbonyl (C=O) groups excluding carboxylic acids is 1. The second-order valence-corrected chi connectivity index (χ2v) is 6.78. The molecular weight excluding hydrogens is 270 g/mol. The second-order valence-electron chi connectivity index (χ2n) is 6.78. The molecule has 1 amide bonds. The van der Waals surface area contributed by atoms with Crippen molar-refractivity contribution in [2.75, 3.05) is 7.05 Å². The Labute approximate surface area is 133 Å². The Morgan fingerprint density at radius 3 is 2.45 bits per heavy atom. The second kappa shape index (κ2) is 6.51. The van der Waals surface area contributed by atoms with E-state index in [1.807, 2.05) is 24.1 Å². The summed E-state index contributed by atoms with van der Waals surface area (Å²) in [7, 11) is 1.98. The minimum Gasteiger partial charge on any atom is -0.342 e. The van der Waals surface area contributed by atoms with E-state index in [9.17, 15) is 4.79 Å². The van der Waals surface area contributed by atoms with Gasteiger partial charge < -0.3 is 4.90 Å². The molecule has 0 spiro atoms. The lowest BCUT2D eigenvalue weighted by Gasteiger charge is -2.33. The van der Waals surface area contributed by atoms with Crippen molar-refractivity contribution in [3.05, 3.63) is 48.0 Å².